The van der Waals surface area contributed by atoms with E-state index in [0.29, 0.717) is 12.1 Å². The van der Waals surface area contributed by atoms with Gasteiger partial charge in [0.25, 0.3) is 0 Å². The highest BCUT2D eigenvalue weighted by atomic mass is 16.2. The van der Waals surface area contributed by atoms with Crippen LogP contribution in [0.1, 0.15) is 51.6 Å². The molecule has 116 valence electrons. The van der Waals surface area contributed by atoms with Gasteiger partial charge in [-0.15, -0.1) is 0 Å². The molecule has 0 saturated carbocycles. The molecule has 1 aliphatic heterocycles. The van der Waals surface area contributed by atoms with Crippen LogP contribution >= 0.6 is 0 Å². The van der Waals surface area contributed by atoms with Crippen LogP contribution in [0.5, 0.6) is 0 Å². The largest absolute Gasteiger partial charge is 0.333 e. The molecule has 4 N–H and O–H groups in total. The van der Waals surface area contributed by atoms with Gasteiger partial charge in [-0.25, -0.2) is 9.80 Å². The van der Waals surface area contributed by atoms with E-state index in [0.717, 1.165) is 24.1 Å². The number of nitrogens with zero attached hydrogens (tertiary/aromatic N) is 1. The second-order valence-electron chi connectivity index (χ2n) is 6.01. The summed E-state index contributed by atoms with van der Waals surface area (Å²) >= 11 is 0. The number of carbonyl (C=O) groups is 1. The van der Waals surface area contributed by atoms with Crippen molar-refractivity contribution in [3.05, 3.63) is 29.8 Å². The van der Waals surface area contributed by atoms with Crippen LogP contribution in [0.2, 0.25) is 0 Å². The van der Waals surface area contributed by atoms with Crippen LogP contribution in [0.15, 0.2) is 24.3 Å². The first kappa shape index (κ1) is 15.8. The highest BCUT2D eigenvalue weighted by Gasteiger charge is 2.25. The summed E-state index contributed by atoms with van der Waals surface area (Å²) < 4.78 is 0. The van der Waals surface area contributed by atoms with Crippen molar-refractivity contribution in [3.8, 4) is 0 Å². The van der Waals surface area contributed by atoms with Crippen molar-refractivity contribution in [2.75, 3.05) is 5.32 Å². The number of hydrogen-bond donors (Lipinski definition) is 3. The lowest BCUT2D eigenvalue weighted by Gasteiger charge is -2.38. The molecule has 21 heavy (non-hydrogen) atoms. The predicted octanol–water partition coefficient (Wildman–Crippen LogP) is 3.01. The third-order valence-corrected chi connectivity index (χ3v) is 4.12. The first-order valence-electron chi connectivity index (χ1n) is 7.69. The molecule has 1 saturated heterocycles. The Kier molecular flexibility index (Phi) is 5.20. The predicted molar refractivity (Wildman–Crippen MR) is 85.8 cm³/mol. The lowest BCUT2D eigenvalue weighted by molar-refractivity contribution is 0.0625. The van der Waals surface area contributed by atoms with Gasteiger partial charge in [0, 0.05) is 23.8 Å². The molecule has 0 spiro atoms. The van der Waals surface area contributed by atoms with E-state index in [1.54, 1.807) is 0 Å². The number of amides is 2. The number of hydrogen-bond acceptors (Lipinski definition) is 3. The van der Waals surface area contributed by atoms with Crippen molar-refractivity contribution in [3.63, 3.8) is 0 Å². The van der Waals surface area contributed by atoms with Gasteiger partial charge in [0.15, 0.2) is 0 Å². The molecule has 1 aliphatic rings. The molecule has 0 aliphatic carbocycles. The lowest BCUT2D eigenvalue weighted by atomic mass is 10.00. The van der Waals surface area contributed by atoms with Crippen molar-refractivity contribution >= 4 is 11.7 Å². The summed E-state index contributed by atoms with van der Waals surface area (Å²) in [5, 5.41) is 4.91. The zero-order valence-corrected chi connectivity index (χ0v) is 13.1. The van der Waals surface area contributed by atoms with Gasteiger partial charge in [-0.2, -0.15) is 0 Å². The summed E-state index contributed by atoms with van der Waals surface area (Å²) in [4.78, 5) is 12.1. The maximum Gasteiger partial charge on any atom is 0.333 e. The number of urea groups is 1. The van der Waals surface area contributed by atoms with Gasteiger partial charge in [-0.3, -0.25) is 5.43 Å². The fourth-order valence-corrected chi connectivity index (χ4v) is 2.79. The number of piperidine rings is 1. The van der Waals surface area contributed by atoms with E-state index in [4.69, 9.17) is 5.73 Å². The fourth-order valence-electron chi connectivity index (χ4n) is 2.79. The molecule has 3 unspecified atom stereocenters. The Morgan fingerprint density at radius 3 is 2.33 bits per heavy atom. The second-order valence-corrected chi connectivity index (χ2v) is 6.01. The zero-order valence-electron chi connectivity index (χ0n) is 13.1. The third kappa shape index (κ3) is 4.19. The van der Waals surface area contributed by atoms with Gasteiger partial charge in [0.1, 0.15) is 0 Å². The van der Waals surface area contributed by atoms with Crippen molar-refractivity contribution in [1.29, 1.82) is 0 Å². The van der Waals surface area contributed by atoms with E-state index in [2.05, 4.69) is 29.6 Å². The summed E-state index contributed by atoms with van der Waals surface area (Å²) in [6.45, 7) is 6.23. The molecule has 3 atom stereocenters. The Balaban J connectivity index is 1.91. The minimum atomic E-state index is -0.191. The molecular weight excluding hydrogens is 264 g/mol. The number of anilines is 1. The van der Waals surface area contributed by atoms with Crippen LogP contribution in [0.3, 0.4) is 0 Å². The number of nitrogens with one attached hydrogen (secondary N) is 2. The summed E-state index contributed by atoms with van der Waals surface area (Å²) in [6.07, 6.45) is 3.46. The average Bonchev–Trinajstić information content (AvgIpc) is 2.43. The first-order chi connectivity index (χ1) is 9.97. The molecule has 2 rings (SSSR count). The SMILES string of the molecule is CC(N)c1ccc(NC(=O)NN2C(C)CCCC2C)cc1. The maximum atomic E-state index is 12.1. The molecule has 0 radical (unpaired) electrons. The van der Waals surface area contributed by atoms with E-state index < -0.39 is 0 Å². The van der Waals surface area contributed by atoms with Crippen molar-refractivity contribution in [2.45, 2.75) is 58.2 Å². The molecule has 0 aromatic heterocycles. The van der Waals surface area contributed by atoms with E-state index in [9.17, 15) is 4.79 Å². The Morgan fingerprint density at radius 2 is 1.81 bits per heavy atom. The highest BCUT2D eigenvalue weighted by molar-refractivity contribution is 5.88. The highest BCUT2D eigenvalue weighted by Crippen LogP contribution is 2.20. The third-order valence-electron chi connectivity index (χ3n) is 4.12. The number of nitrogens with two attached hydrogens (primary N) is 1. The topological polar surface area (TPSA) is 70.4 Å². The molecular formula is C16H26N4O. The number of rotatable bonds is 3. The van der Waals surface area contributed by atoms with Crippen LogP contribution in [0, 0.1) is 0 Å². The van der Waals surface area contributed by atoms with Crippen LogP contribution in [-0.4, -0.2) is 23.1 Å². The number of hydrazine groups is 1. The number of benzene rings is 1. The van der Waals surface area contributed by atoms with E-state index >= 15 is 0 Å². The van der Waals surface area contributed by atoms with Gasteiger partial charge >= 0.3 is 6.03 Å². The number of carbonyl (C=O) groups excluding carboxylic acids is 1. The normalized spacial score (nSPS) is 24.4. The van der Waals surface area contributed by atoms with E-state index in [1.165, 1.54) is 6.42 Å². The average molecular weight is 290 g/mol. The fraction of sp³-hybridized carbons (Fsp3) is 0.562. The zero-order chi connectivity index (χ0) is 15.4. The van der Waals surface area contributed by atoms with E-state index in [-0.39, 0.29) is 12.1 Å². The monoisotopic (exact) mass is 290 g/mol. The summed E-state index contributed by atoms with van der Waals surface area (Å²) in [7, 11) is 0. The van der Waals surface area contributed by atoms with Gasteiger partial charge in [-0.05, 0) is 51.3 Å². The van der Waals surface area contributed by atoms with Crippen LogP contribution in [0.4, 0.5) is 10.5 Å². The van der Waals surface area contributed by atoms with Gasteiger partial charge in [-0.1, -0.05) is 18.6 Å². The standard InChI is InChI=1S/C16H26N4O/c1-11-5-4-6-12(2)20(11)19-16(21)18-15-9-7-14(8-10-15)13(3)17/h7-13H,4-6,17H2,1-3H3,(H2,18,19,21). The smallest absolute Gasteiger partial charge is 0.324 e. The first-order valence-corrected chi connectivity index (χ1v) is 7.69. The van der Waals surface area contributed by atoms with Crippen LogP contribution in [0.25, 0.3) is 0 Å². The molecule has 5 nitrogen and oxygen atoms in total. The van der Waals surface area contributed by atoms with Crippen molar-refractivity contribution in [2.24, 2.45) is 5.73 Å². The molecule has 1 heterocycles. The molecule has 5 heteroatoms. The van der Waals surface area contributed by atoms with Crippen molar-refractivity contribution in [1.82, 2.24) is 10.4 Å². The van der Waals surface area contributed by atoms with Crippen molar-refractivity contribution < 1.29 is 4.79 Å². The quantitative estimate of drug-likeness (QED) is 0.801. The molecule has 0 bridgehead atoms. The second kappa shape index (κ2) is 6.91. The van der Waals surface area contributed by atoms with Gasteiger partial charge in [0.05, 0.1) is 0 Å². The summed E-state index contributed by atoms with van der Waals surface area (Å²) in [5.74, 6) is 0. The molecule has 1 aromatic carbocycles. The summed E-state index contributed by atoms with van der Waals surface area (Å²) in [6, 6.07) is 8.19. The Labute approximate surface area is 126 Å². The van der Waals surface area contributed by atoms with Crippen LogP contribution in [-0.2, 0) is 0 Å². The Hall–Kier alpha value is -1.59. The minimum absolute atomic E-state index is 0.00271. The van der Waals surface area contributed by atoms with Gasteiger partial charge < -0.3 is 11.1 Å². The van der Waals surface area contributed by atoms with Gasteiger partial charge in [0.2, 0.25) is 0 Å². The van der Waals surface area contributed by atoms with Crippen LogP contribution < -0.4 is 16.5 Å². The maximum absolute atomic E-state index is 12.1. The molecule has 1 aromatic rings. The molecule has 2 amide bonds. The van der Waals surface area contributed by atoms with E-state index in [1.807, 2.05) is 31.2 Å². The minimum Gasteiger partial charge on any atom is -0.324 e. The summed E-state index contributed by atoms with van der Waals surface area (Å²) in [5.41, 5.74) is 10.6. The lowest BCUT2D eigenvalue weighted by Crippen LogP contribution is -2.55. The Morgan fingerprint density at radius 1 is 1.24 bits per heavy atom. The molecule has 1 fully saturated rings. The Bertz CT molecular complexity index is 462.